The second-order valence-corrected chi connectivity index (χ2v) is 12.2. The first-order chi connectivity index (χ1) is 21.8. The van der Waals surface area contributed by atoms with Crippen LogP contribution in [-0.2, 0) is 16.0 Å². The van der Waals surface area contributed by atoms with E-state index in [1.54, 1.807) is 37.4 Å². The standard InChI is InChI=1S/C35H36N2O7S/c1-5-7-8-15-43-27-14-9-21(18-28(27)42-6-2)31-30(32(38)22-10-13-26-23(17-22)16-20(3)44-26)33(39)34(40)37(31)35-36-25-12-11-24(41-4)19-29(25)45-35/h9-14,17-20,31,38H,5-8,15-16H2,1-4H3/t20-,31-/m0/s1. The minimum atomic E-state index is -0.968. The molecule has 45 heavy (non-hydrogen) atoms. The molecule has 0 saturated carbocycles. The van der Waals surface area contributed by atoms with E-state index in [4.69, 9.17) is 23.9 Å². The van der Waals surface area contributed by atoms with E-state index in [0.29, 0.717) is 58.7 Å². The Bertz CT molecular complexity index is 1800. The molecule has 1 amide bonds. The first kappa shape index (κ1) is 30.5. The Balaban J connectivity index is 1.49. The Morgan fingerprint density at radius 1 is 1.04 bits per heavy atom. The molecule has 2 atom stereocenters. The Kier molecular flexibility index (Phi) is 8.67. The lowest BCUT2D eigenvalue weighted by atomic mass is 9.94. The summed E-state index contributed by atoms with van der Waals surface area (Å²) in [6.07, 6.45) is 3.74. The number of ether oxygens (including phenoxy) is 4. The van der Waals surface area contributed by atoms with Crippen LogP contribution in [0.3, 0.4) is 0 Å². The van der Waals surface area contributed by atoms with E-state index in [1.807, 2.05) is 38.1 Å². The number of fused-ring (bicyclic) bond motifs is 2. The molecule has 1 fully saturated rings. The van der Waals surface area contributed by atoms with Crippen LogP contribution < -0.4 is 23.8 Å². The number of aliphatic hydroxyl groups is 1. The van der Waals surface area contributed by atoms with Gasteiger partial charge in [0.2, 0.25) is 0 Å². The summed E-state index contributed by atoms with van der Waals surface area (Å²) in [4.78, 5) is 33.8. The lowest BCUT2D eigenvalue weighted by molar-refractivity contribution is -0.132. The number of nitrogens with zero attached hydrogens (tertiary/aromatic N) is 2. The molecule has 10 heteroatoms. The number of carbonyl (C=O) groups excluding carboxylic acids is 2. The fraction of sp³-hybridized carbons (Fsp3) is 0.343. The predicted molar refractivity (Wildman–Crippen MR) is 174 cm³/mol. The van der Waals surface area contributed by atoms with Crippen molar-refractivity contribution in [3.8, 4) is 23.0 Å². The van der Waals surface area contributed by atoms with Gasteiger partial charge in [0.1, 0.15) is 23.4 Å². The summed E-state index contributed by atoms with van der Waals surface area (Å²) < 4.78 is 24.0. The molecule has 234 valence electrons. The molecule has 0 aliphatic carbocycles. The van der Waals surface area contributed by atoms with E-state index in [2.05, 4.69) is 6.92 Å². The first-order valence-electron chi connectivity index (χ1n) is 15.3. The molecular formula is C35H36N2O7S. The fourth-order valence-electron chi connectivity index (χ4n) is 5.81. The smallest absolute Gasteiger partial charge is 0.301 e. The van der Waals surface area contributed by atoms with Crippen molar-refractivity contribution in [1.29, 1.82) is 0 Å². The number of unbranched alkanes of at least 4 members (excludes halogenated alkanes) is 2. The molecule has 3 aromatic carbocycles. The molecule has 0 radical (unpaired) electrons. The summed E-state index contributed by atoms with van der Waals surface area (Å²) >= 11 is 1.27. The quantitative estimate of drug-likeness (QED) is 0.0803. The molecule has 4 aromatic rings. The van der Waals surface area contributed by atoms with Crippen LogP contribution in [0.5, 0.6) is 23.0 Å². The third kappa shape index (κ3) is 5.82. The molecule has 3 heterocycles. The van der Waals surface area contributed by atoms with E-state index in [-0.39, 0.29) is 17.4 Å². The van der Waals surface area contributed by atoms with Crippen molar-refractivity contribution in [2.75, 3.05) is 25.2 Å². The molecule has 1 N–H and O–H groups in total. The lowest BCUT2D eigenvalue weighted by Crippen LogP contribution is -2.29. The van der Waals surface area contributed by atoms with Crippen molar-refractivity contribution in [3.05, 3.63) is 76.9 Å². The molecular weight excluding hydrogens is 592 g/mol. The molecule has 2 aliphatic rings. The molecule has 0 unspecified atom stereocenters. The number of aliphatic hydroxyl groups excluding tert-OH is 1. The van der Waals surface area contributed by atoms with Crippen LogP contribution in [0.1, 0.15) is 62.8 Å². The average molecular weight is 629 g/mol. The van der Waals surface area contributed by atoms with Crippen molar-refractivity contribution >= 4 is 44.1 Å². The summed E-state index contributed by atoms with van der Waals surface area (Å²) in [6.45, 7) is 6.93. The Morgan fingerprint density at radius 3 is 2.67 bits per heavy atom. The number of amides is 1. The summed E-state index contributed by atoms with van der Waals surface area (Å²) in [6, 6.07) is 15.2. The third-order valence-electron chi connectivity index (χ3n) is 7.99. The van der Waals surface area contributed by atoms with Crippen molar-refractivity contribution in [2.24, 2.45) is 0 Å². The van der Waals surface area contributed by atoms with Gasteiger partial charge in [-0.25, -0.2) is 4.98 Å². The highest BCUT2D eigenvalue weighted by molar-refractivity contribution is 7.22. The van der Waals surface area contributed by atoms with Gasteiger partial charge in [0.25, 0.3) is 5.78 Å². The van der Waals surface area contributed by atoms with Gasteiger partial charge in [-0.05, 0) is 79.9 Å². The first-order valence-corrected chi connectivity index (χ1v) is 16.1. The lowest BCUT2D eigenvalue weighted by Gasteiger charge is -2.24. The zero-order chi connectivity index (χ0) is 31.7. The second kappa shape index (κ2) is 12.8. The Labute approximate surface area is 266 Å². The second-order valence-electron chi connectivity index (χ2n) is 11.1. The van der Waals surface area contributed by atoms with Gasteiger partial charge in [0.05, 0.1) is 42.2 Å². The topological polar surface area (TPSA) is 107 Å². The van der Waals surface area contributed by atoms with Crippen molar-refractivity contribution in [1.82, 2.24) is 4.98 Å². The summed E-state index contributed by atoms with van der Waals surface area (Å²) in [5.74, 6) is 0.645. The van der Waals surface area contributed by atoms with Crippen LogP contribution in [-0.4, -0.2) is 48.2 Å². The van der Waals surface area contributed by atoms with Gasteiger partial charge in [-0.2, -0.15) is 0 Å². The van der Waals surface area contributed by atoms with E-state index in [1.165, 1.54) is 16.2 Å². The SMILES string of the molecule is CCCCCOc1ccc([C@H]2C(=C(O)c3ccc4c(c3)C[C@H](C)O4)C(=O)C(=O)N2c2nc3ccc(OC)cc3s2)cc1OCC. The number of anilines is 1. The molecule has 9 nitrogen and oxygen atoms in total. The zero-order valence-electron chi connectivity index (χ0n) is 25.8. The highest BCUT2D eigenvalue weighted by Gasteiger charge is 2.48. The number of rotatable bonds is 11. The highest BCUT2D eigenvalue weighted by Crippen LogP contribution is 2.46. The van der Waals surface area contributed by atoms with Gasteiger partial charge in [-0.3, -0.25) is 14.5 Å². The summed E-state index contributed by atoms with van der Waals surface area (Å²) in [7, 11) is 1.58. The van der Waals surface area contributed by atoms with E-state index >= 15 is 0 Å². The minimum Gasteiger partial charge on any atom is -0.507 e. The van der Waals surface area contributed by atoms with Crippen LogP contribution in [0.15, 0.2) is 60.2 Å². The normalized spacial score (nSPS) is 18.7. The minimum absolute atomic E-state index is 0.0142. The number of hydrogen-bond donors (Lipinski definition) is 1. The largest absolute Gasteiger partial charge is 0.507 e. The molecule has 0 spiro atoms. The monoisotopic (exact) mass is 628 g/mol. The van der Waals surface area contributed by atoms with Crippen molar-refractivity contribution < 1.29 is 33.6 Å². The van der Waals surface area contributed by atoms with E-state index in [9.17, 15) is 14.7 Å². The predicted octanol–water partition coefficient (Wildman–Crippen LogP) is 7.22. The number of Topliss-reactive ketones (excluding diaryl/α,β-unsaturated/α-hetero) is 1. The highest BCUT2D eigenvalue weighted by atomic mass is 32.1. The summed E-state index contributed by atoms with van der Waals surface area (Å²) in [5, 5.41) is 12.1. The van der Waals surface area contributed by atoms with Crippen LogP contribution >= 0.6 is 11.3 Å². The number of aromatic nitrogens is 1. The fourth-order valence-corrected chi connectivity index (χ4v) is 6.83. The number of ketones is 1. The van der Waals surface area contributed by atoms with Crippen molar-refractivity contribution in [2.45, 2.75) is 58.6 Å². The third-order valence-corrected chi connectivity index (χ3v) is 9.01. The maximum atomic E-state index is 13.8. The van der Waals surface area contributed by atoms with Gasteiger partial charge < -0.3 is 24.1 Å². The number of benzene rings is 3. The Morgan fingerprint density at radius 2 is 1.89 bits per heavy atom. The molecule has 1 saturated heterocycles. The van der Waals surface area contributed by atoms with Crippen molar-refractivity contribution in [3.63, 3.8) is 0 Å². The van der Waals surface area contributed by atoms with Gasteiger partial charge in [-0.1, -0.05) is 37.2 Å². The van der Waals surface area contributed by atoms with Crippen LogP contribution in [0, 0.1) is 0 Å². The van der Waals surface area contributed by atoms with E-state index < -0.39 is 17.7 Å². The average Bonchev–Trinajstić information content (AvgIpc) is 3.71. The number of hydrogen-bond acceptors (Lipinski definition) is 9. The maximum Gasteiger partial charge on any atom is 0.301 e. The van der Waals surface area contributed by atoms with Gasteiger partial charge in [-0.15, -0.1) is 0 Å². The number of carbonyl (C=O) groups is 2. The summed E-state index contributed by atoms with van der Waals surface area (Å²) in [5.41, 5.74) is 2.58. The van der Waals surface area contributed by atoms with Crippen LogP contribution in [0.25, 0.3) is 16.0 Å². The number of methoxy groups -OCH3 is 1. The van der Waals surface area contributed by atoms with Crippen LogP contribution in [0.2, 0.25) is 0 Å². The van der Waals surface area contributed by atoms with Crippen LogP contribution in [0.4, 0.5) is 5.13 Å². The number of thiazole rings is 1. The molecule has 2 aliphatic heterocycles. The van der Waals surface area contributed by atoms with E-state index in [0.717, 1.165) is 35.3 Å². The molecule has 6 rings (SSSR count). The molecule has 0 bridgehead atoms. The zero-order valence-corrected chi connectivity index (χ0v) is 26.6. The Hall–Kier alpha value is -4.57. The van der Waals surface area contributed by atoms with Gasteiger partial charge in [0.15, 0.2) is 16.6 Å². The maximum absolute atomic E-state index is 13.8. The van der Waals surface area contributed by atoms with Gasteiger partial charge >= 0.3 is 5.91 Å². The molecule has 1 aromatic heterocycles. The van der Waals surface area contributed by atoms with Gasteiger partial charge in [0, 0.05) is 12.0 Å².